The van der Waals surface area contributed by atoms with Crippen LogP contribution in [0.25, 0.3) is 0 Å². The van der Waals surface area contributed by atoms with Crippen LogP contribution in [0.5, 0.6) is 0 Å². The van der Waals surface area contributed by atoms with Gasteiger partial charge in [-0.3, -0.25) is 4.79 Å². The second kappa shape index (κ2) is 8.48. The molecule has 2 aliphatic rings. The van der Waals surface area contributed by atoms with Crippen molar-refractivity contribution in [2.24, 2.45) is 5.73 Å². The van der Waals surface area contributed by atoms with Crippen molar-refractivity contribution in [1.82, 2.24) is 5.32 Å². The van der Waals surface area contributed by atoms with Crippen LogP contribution in [0.4, 0.5) is 16.2 Å². The van der Waals surface area contributed by atoms with Gasteiger partial charge in [-0.15, -0.1) is 0 Å². The molecule has 0 saturated carbocycles. The summed E-state index contributed by atoms with van der Waals surface area (Å²) >= 11 is 0. The van der Waals surface area contributed by atoms with Crippen molar-refractivity contribution in [1.29, 1.82) is 0 Å². The van der Waals surface area contributed by atoms with Crippen LogP contribution in [-0.2, 0) is 14.3 Å². The zero-order chi connectivity index (χ0) is 18.4. The third-order valence-corrected chi connectivity index (χ3v) is 4.75. The molecule has 1 unspecified atom stereocenters. The van der Waals surface area contributed by atoms with E-state index in [0.717, 1.165) is 19.4 Å². The number of carbonyl (C=O) groups excluding carboxylic acids is 2. The van der Waals surface area contributed by atoms with E-state index in [9.17, 15) is 9.59 Å². The van der Waals surface area contributed by atoms with E-state index in [4.69, 9.17) is 15.2 Å². The number of nitrogens with two attached hydrogens (primary N) is 1. The van der Waals surface area contributed by atoms with E-state index in [-0.39, 0.29) is 18.0 Å². The van der Waals surface area contributed by atoms with Gasteiger partial charge in [-0.2, -0.15) is 0 Å². The lowest BCUT2D eigenvalue weighted by molar-refractivity contribution is -0.124. The number of urea groups is 1. The Bertz CT molecular complexity index is 623. The van der Waals surface area contributed by atoms with Crippen LogP contribution in [0.1, 0.15) is 25.7 Å². The van der Waals surface area contributed by atoms with Gasteiger partial charge in [-0.05, 0) is 49.9 Å². The minimum atomic E-state index is -0.892. The number of hydrogen-bond acceptors (Lipinski definition) is 5. The summed E-state index contributed by atoms with van der Waals surface area (Å²) in [5.74, 6) is -0.212. The summed E-state index contributed by atoms with van der Waals surface area (Å²) in [6.07, 6.45) is 3.13. The molecule has 0 bridgehead atoms. The number of anilines is 2. The topological polar surface area (TPSA) is 115 Å². The van der Waals surface area contributed by atoms with E-state index >= 15 is 0 Å². The number of hydrogen-bond donors (Lipinski definition) is 4. The summed E-state index contributed by atoms with van der Waals surface area (Å²) in [4.78, 5) is 24.3. The first-order valence-corrected chi connectivity index (χ1v) is 9.00. The molecule has 8 nitrogen and oxygen atoms in total. The van der Waals surface area contributed by atoms with Gasteiger partial charge in [0.05, 0.1) is 6.10 Å². The predicted molar refractivity (Wildman–Crippen MR) is 98.0 cm³/mol. The lowest BCUT2D eigenvalue weighted by Gasteiger charge is -2.31. The van der Waals surface area contributed by atoms with Crippen LogP contribution in [0.2, 0.25) is 0 Å². The summed E-state index contributed by atoms with van der Waals surface area (Å²) in [5.41, 5.74) is 6.55. The van der Waals surface area contributed by atoms with Gasteiger partial charge in [-0.25, -0.2) is 4.79 Å². The third kappa shape index (κ3) is 4.94. The largest absolute Gasteiger partial charge is 0.381 e. The highest BCUT2D eigenvalue weighted by Gasteiger charge is 2.35. The normalized spacial score (nSPS) is 21.8. The molecule has 2 aliphatic heterocycles. The first-order valence-electron chi connectivity index (χ1n) is 9.00. The van der Waals surface area contributed by atoms with Gasteiger partial charge in [0.1, 0.15) is 5.54 Å². The Kier molecular flexibility index (Phi) is 6.08. The molecule has 8 heteroatoms. The standard InChI is InChI=1S/C18H26N4O4/c19-18(7-10-25-11-8-18)16(23)21-13-3-5-14(6-4-13)22-17(24)20-12-15-2-1-9-26-15/h3-6,15H,1-2,7-12,19H2,(H,21,23)(H2,20,22,24). The van der Waals surface area contributed by atoms with Gasteiger partial charge in [0, 0.05) is 37.7 Å². The SMILES string of the molecule is NC1(C(=O)Nc2ccc(NC(=O)NCC3CCCO3)cc2)CCOCC1. The van der Waals surface area contributed by atoms with Crippen molar-refractivity contribution in [2.75, 3.05) is 37.0 Å². The third-order valence-electron chi connectivity index (χ3n) is 4.75. The zero-order valence-corrected chi connectivity index (χ0v) is 14.8. The van der Waals surface area contributed by atoms with E-state index in [1.165, 1.54) is 0 Å². The molecular weight excluding hydrogens is 336 g/mol. The second-order valence-electron chi connectivity index (χ2n) is 6.77. The molecule has 3 rings (SSSR count). The van der Waals surface area contributed by atoms with Crippen LogP contribution in [0, 0.1) is 0 Å². The van der Waals surface area contributed by atoms with E-state index in [1.807, 2.05) is 0 Å². The number of benzene rings is 1. The highest BCUT2D eigenvalue weighted by atomic mass is 16.5. The van der Waals surface area contributed by atoms with Crippen LogP contribution < -0.4 is 21.7 Å². The molecule has 2 fully saturated rings. The zero-order valence-electron chi connectivity index (χ0n) is 14.8. The van der Waals surface area contributed by atoms with Crippen LogP contribution in [0.3, 0.4) is 0 Å². The van der Waals surface area contributed by atoms with Crippen molar-refractivity contribution < 1.29 is 19.1 Å². The monoisotopic (exact) mass is 362 g/mol. The van der Waals surface area contributed by atoms with E-state index < -0.39 is 5.54 Å². The molecule has 1 aromatic carbocycles. The lowest BCUT2D eigenvalue weighted by atomic mass is 9.90. The number of amides is 3. The quantitative estimate of drug-likeness (QED) is 0.633. The average molecular weight is 362 g/mol. The fourth-order valence-corrected chi connectivity index (χ4v) is 3.04. The first kappa shape index (κ1) is 18.6. The molecule has 1 aromatic rings. The molecule has 0 aliphatic carbocycles. The van der Waals surface area contributed by atoms with Gasteiger partial charge in [0.2, 0.25) is 5.91 Å². The summed E-state index contributed by atoms with van der Waals surface area (Å²) < 4.78 is 10.7. The smallest absolute Gasteiger partial charge is 0.319 e. The maximum absolute atomic E-state index is 12.4. The molecule has 2 saturated heterocycles. The second-order valence-corrected chi connectivity index (χ2v) is 6.77. The molecule has 3 amide bonds. The Morgan fingerprint density at radius 1 is 1.08 bits per heavy atom. The Hall–Kier alpha value is -2.16. The van der Waals surface area contributed by atoms with Crippen molar-refractivity contribution in [2.45, 2.75) is 37.3 Å². The molecular formula is C18H26N4O4. The highest BCUT2D eigenvalue weighted by Crippen LogP contribution is 2.21. The van der Waals surface area contributed by atoms with Crippen LogP contribution in [0.15, 0.2) is 24.3 Å². The fourth-order valence-electron chi connectivity index (χ4n) is 3.04. The molecule has 0 spiro atoms. The Morgan fingerprint density at radius 3 is 2.35 bits per heavy atom. The number of carbonyl (C=O) groups is 2. The summed E-state index contributed by atoms with van der Waals surface area (Å²) in [6.45, 7) is 2.25. The van der Waals surface area contributed by atoms with Crippen molar-refractivity contribution in [3.05, 3.63) is 24.3 Å². The van der Waals surface area contributed by atoms with Gasteiger partial charge in [0.15, 0.2) is 0 Å². The molecule has 2 heterocycles. The first-order chi connectivity index (χ1) is 12.5. The molecule has 1 atom stereocenters. The van der Waals surface area contributed by atoms with Crippen LogP contribution >= 0.6 is 0 Å². The van der Waals surface area contributed by atoms with E-state index in [2.05, 4.69) is 16.0 Å². The minimum Gasteiger partial charge on any atom is -0.381 e. The Labute approximate surface area is 152 Å². The van der Waals surface area contributed by atoms with Crippen molar-refractivity contribution in [3.63, 3.8) is 0 Å². The molecule has 0 aromatic heterocycles. The Balaban J connectivity index is 1.46. The van der Waals surface area contributed by atoms with Crippen molar-refractivity contribution in [3.8, 4) is 0 Å². The number of ether oxygens (including phenoxy) is 2. The molecule has 26 heavy (non-hydrogen) atoms. The van der Waals surface area contributed by atoms with Gasteiger partial charge < -0.3 is 31.2 Å². The summed E-state index contributed by atoms with van der Waals surface area (Å²) in [7, 11) is 0. The Morgan fingerprint density at radius 2 is 1.73 bits per heavy atom. The molecule has 5 N–H and O–H groups in total. The maximum atomic E-state index is 12.4. The fraction of sp³-hybridized carbons (Fsp3) is 0.556. The molecule has 0 radical (unpaired) electrons. The van der Waals surface area contributed by atoms with Gasteiger partial charge >= 0.3 is 6.03 Å². The minimum absolute atomic E-state index is 0.104. The van der Waals surface area contributed by atoms with Gasteiger partial charge in [0.25, 0.3) is 0 Å². The number of nitrogens with one attached hydrogen (secondary N) is 3. The maximum Gasteiger partial charge on any atom is 0.319 e. The predicted octanol–water partition coefficient (Wildman–Crippen LogP) is 1.43. The van der Waals surface area contributed by atoms with E-state index in [1.54, 1.807) is 24.3 Å². The molecule has 142 valence electrons. The lowest BCUT2D eigenvalue weighted by Crippen LogP contribution is -2.54. The average Bonchev–Trinajstić information content (AvgIpc) is 3.16. The summed E-state index contributed by atoms with van der Waals surface area (Å²) in [6, 6.07) is 6.65. The van der Waals surface area contributed by atoms with Crippen molar-refractivity contribution >= 4 is 23.3 Å². The highest BCUT2D eigenvalue weighted by molar-refractivity contribution is 5.98. The summed E-state index contributed by atoms with van der Waals surface area (Å²) in [5, 5.41) is 8.38. The number of rotatable bonds is 5. The van der Waals surface area contributed by atoms with E-state index in [0.29, 0.717) is 44.0 Å². The van der Waals surface area contributed by atoms with Crippen LogP contribution in [-0.4, -0.2) is 49.9 Å². The van der Waals surface area contributed by atoms with Gasteiger partial charge in [-0.1, -0.05) is 0 Å².